The third kappa shape index (κ3) is 4.09. The van der Waals surface area contributed by atoms with Crippen LogP contribution >= 0.6 is 27.3 Å². The minimum Gasteiger partial charge on any atom is -0.300 e. The van der Waals surface area contributed by atoms with Crippen LogP contribution in [0.2, 0.25) is 0 Å². The Morgan fingerprint density at radius 3 is 2.14 bits per heavy atom. The molecule has 1 N–H and O–H groups in total. The SMILES string of the molecule is CC(C)(C)C(Br)C(=O)Nc1nnc(C(F)(F)C(F)(F)F)s1. The summed E-state index contributed by atoms with van der Waals surface area (Å²) in [6, 6.07) is 0. The van der Waals surface area contributed by atoms with Crippen LogP contribution in [0.3, 0.4) is 0 Å². The molecule has 11 heteroatoms. The molecule has 0 saturated heterocycles. The highest BCUT2D eigenvalue weighted by atomic mass is 79.9. The van der Waals surface area contributed by atoms with Crippen molar-refractivity contribution in [3.05, 3.63) is 5.01 Å². The summed E-state index contributed by atoms with van der Waals surface area (Å²) in [5.41, 5.74) is -0.479. The number of halogens is 6. The topological polar surface area (TPSA) is 54.9 Å². The molecule has 0 radical (unpaired) electrons. The molecule has 120 valence electrons. The highest BCUT2D eigenvalue weighted by Gasteiger charge is 2.61. The second-order valence-corrected chi connectivity index (χ2v) is 7.10. The van der Waals surface area contributed by atoms with Gasteiger partial charge in [0.25, 0.3) is 0 Å². The van der Waals surface area contributed by atoms with Crippen LogP contribution in [0.15, 0.2) is 0 Å². The predicted octanol–water partition coefficient (Wildman–Crippen LogP) is 3.94. The van der Waals surface area contributed by atoms with Gasteiger partial charge in [-0.3, -0.25) is 10.1 Å². The first-order valence-electron chi connectivity index (χ1n) is 5.50. The number of nitrogens with one attached hydrogen (secondary N) is 1. The first-order valence-corrected chi connectivity index (χ1v) is 7.23. The molecule has 4 nitrogen and oxygen atoms in total. The van der Waals surface area contributed by atoms with Crippen molar-refractivity contribution < 1.29 is 26.7 Å². The van der Waals surface area contributed by atoms with Gasteiger partial charge in [0.2, 0.25) is 11.0 Å². The van der Waals surface area contributed by atoms with Crippen molar-refractivity contribution in [2.75, 3.05) is 5.32 Å². The van der Waals surface area contributed by atoms with Gasteiger partial charge in [0.05, 0.1) is 4.83 Å². The summed E-state index contributed by atoms with van der Waals surface area (Å²) in [6.45, 7) is 5.24. The average molecular weight is 396 g/mol. The molecule has 1 aromatic heterocycles. The molecule has 21 heavy (non-hydrogen) atoms. The lowest BCUT2D eigenvalue weighted by Gasteiger charge is -2.23. The number of carbonyl (C=O) groups is 1. The Kier molecular flexibility index (Phi) is 4.98. The number of nitrogens with zero attached hydrogens (tertiary/aromatic N) is 2. The summed E-state index contributed by atoms with van der Waals surface area (Å²) < 4.78 is 62.6. The molecule has 1 rings (SSSR count). The number of hydrogen-bond acceptors (Lipinski definition) is 4. The van der Waals surface area contributed by atoms with E-state index in [2.05, 4.69) is 31.4 Å². The molecule has 1 aromatic rings. The number of anilines is 1. The minimum absolute atomic E-state index is 0.0219. The maximum atomic E-state index is 13.0. The van der Waals surface area contributed by atoms with E-state index in [9.17, 15) is 26.7 Å². The largest absolute Gasteiger partial charge is 0.460 e. The predicted molar refractivity (Wildman–Crippen MR) is 70.7 cm³/mol. The van der Waals surface area contributed by atoms with Gasteiger partial charge in [-0.2, -0.15) is 22.0 Å². The van der Waals surface area contributed by atoms with Crippen LogP contribution in [0.1, 0.15) is 25.8 Å². The summed E-state index contributed by atoms with van der Waals surface area (Å²) in [5, 5.41) is 6.14. The molecule has 0 aliphatic rings. The molecule has 0 aliphatic heterocycles. The molecule has 1 amide bonds. The zero-order chi connectivity index (χ0) is 16.6. The lowest BCUT2D eigenvalue weighted by atomic mass is 9.92. The van der Waals surface area contributed by atoms with E-state index in [4.69, 9.17) is 0 Å². The van der Waals surface area contributed by atoms with Gasteiger partial charge in [0.15, 0.2) is 5.01 Å². The molecule has 0 fully saturated rings. The monoisotopic (exact) mass is 395 g/mol. The Balaban J connectivity index is 2.89. The lowest BCUT2D eigenvalue weighted by Crippen LogP contribution is -2.33. The van der Waals surface area contributed by atoms with E-state index in [-0.39, 0.29) is 11.3 Å². The second-order valence-electron chi connectivity index (χ2n) is 5.20. The highest BCUT2D eigenvalue weighted by Crippen LogP contribution is 2.45. The number of hydrogen-bond donors (Lipinski definition) is 1. The highest BCUT2D eigenvalue weighted by molar-refractivity contribution is 9.10. The van der Waals surface area contributed by atoms with Crippen LogP contribution in [0.4, 0.5) is 27.1 Å². The van der Waals surface area contributed by atoms with E-state index in [0.29, 0.717) is 0 Å². The van der Waals surface area contributed by atoms with Gasteiger partial charge in [-0.15, -0.1) is 10.2 Å². The van der Waals surface area contributed by atoms with Gasteiger partial charge in [0.1, 0.15) is 0 Å². The summed E-state index contributed by atoms with van der Waals surface area (Å²) in [7, 11) is 0. The summed E-state index contributed by atoms with van der Waals surface area (Å²) in [6.07, 6.45) is -5.77. The second kappa shape index (κ2) is 5.75. The van der Waals surface area contributed by atoms with E-state index >= 15 is 0 Å². The van der Waals surface area contributed by atoms with Gasteiger partial charge < -0.3 is 0 Å². The van der Waals surface area contributed by atoms with Crippen molar-refractivity contribution in [2.24, 2.45) is 5.41 Å². The molecular formula is C10H11BrF5N3OS. The molecule has 0 bridgehead atoms. The number of amides is 1. The van der Waals surface area contributed by atoms with E-state index in [0.717, 1.165) is 0 Å². The fraction of sp³-hybridized carbons (Fsp3) is 0.700. The Labute approximate surface area is 129 Å². The van der Waals surface area contributed by atoms with Crippen molar-refractivity contribution in [2.45, 2.75) is 37.7 Å². The van der Waals surface area contributed by atoms with Gasteiger partial charge >= 0.3 is 12.1 Å². The van der Waals surface area contributed by atoms with Crippen LogP contribution in [0, 0.1) is 5.41 Å². The van der Waals surface area contributed by atoms with Gasteiger partial charge in [-0.25, -0.2) is 0 Å². The molecule has 0 saturated carbocycles. The Hall–Kier alpha value is -0.840. The van der Waals surface area contributed by atoms with Crippen LogP contribution in [0.25, 0.3) is 0 Å². The molecule has 1 heterocycles. The third-order valence-corrected chi connectivity index (χ3v) is 4.97. The Bertz CT molecular complexity index is 525. The molecular weight excluding hydrogens is 385 g/mol. The maximum absolute atomic E-state index is 13.0. The van der Waals surface area contributed by atoms with Crippen LogP contribution < -0.4 is 5.32 Å². The smallest absolute Gasteiger partial charge is 0.300 e. The fourth-order valence-electron chi connectivity index (χ4n) is 1.08. The number of carbonyl (C=O) groups excluding carboxylic acids is 1. The molecule has 0 aromatic carbocycles. The number of aromatic nitrogens is 2. The zero-order valence-corrected chi connectivity index (χ0v) is 13.5. The quantitative estimate of drug-likeness (QED) is 0.622. The molecule has 1 unspecified atom stereocenters. The fourth-order valence-corrected chi connectivity index (χ4v) is 1.94. The van der Waals surface area contributed by atoms with Crippen LogP contribution in [-0.2, 0) is 10.7 Å². The molecule has 0 spiro atoms. The standard InChI is InChI=1S/C10H11BrF5N3OS/c1-8(2,3)4(11)5(20)17-7-19-18-6(21-7)9(12,13)10(14,15)16/h4H,1-3H3,(H,17,19,20). The zero-order valence-electron chi connectivity index (χ0n) is 11.1. The lowest BCUT2D eigenvalue weighted by molar-refractivity contribution is -0.289. The van der Waals surface area contributed by atoms with E-state index in [1.807, 2.05) is 0 Å². The van der Waals surface area contributed by atoms with Gasteiger partial charge in [0, 0.05) is 0 Å². The first kappa shape index (κ1) is 18.2. The first-order chi connectivity index (χ1) is 9.26. The molecule has 1 atom stereocenters. The number of alkyl halides is 6. The summed E-state index contributed by atoms with van der Waals surface area (Å²) in [4.78, 5) is 11.1. The van der Waals surface area contributed by atoms with Crippen molar-refractivity contribution in [1.29, 1.82) is 0 Å². The number of rotatable bonds is 3. The Morgan fingerprint density at radius 2 is 1.71 bits per heavy atom. The minimum atomic E-state index is -5.77. The summed E-state index contributed by atoms with van der Waals surface area (Å²) >= 11 is 3.09. The summed E-state index contributed by atoms with van der Waals surface area (Å²) in [5.74, 6) is -5.72. The van der Waals surface area contributed by atoms with E-state index in [1.165, 1.54) is 0 Å². The third-order valence-electron chi connectivity index (χ3n) is 2.27. The van der Waals surface area contributed by atoms with Crippen LogP contribution in [-0.4, -0.2) is 27.1 Å². The van der Waals surface area contributed by atoms with E-state index < -0.39 is 38.4 Å². The maximum Gasteiger partial charge on any atom is 0.460 e. The van der Waals surface area contributed by atoms with Gasteiger partial charge in [-0.1, -0.05) is 48.0 Å². The van der Waals surface area contributed by atoms with E-state index in [1.54, 1.807) is 20.8 Å². The van der Waals surface area contributed by atoms with Crippen molar-refractivity contribution in [1.82, 2.24) is 10.2 Å². The van der Waals surface area contributed by atoms with Crippen molar-refractivity contribution in [3.8, 4) is 0 Å². The van der Waals surface area contributed by atoms with Gasteiger partial charge in [-0.05, 0) is 5.41 Å². The average Bonchev–Trinajstić information content (AvgIpc) is 2.74. The Morgan fingerprint density at radius 1 is 1.19 bits per heavy atom. The van der Waals surface area contributed by atoms with Crippen molar-refractivity contribution >= 4 is 38.3 Å². The van der Waals surface area contributed by atoms with Crippen LogP contribution in [0.5, 0.6) is 0 Å². The molecule has 0 aliphatic carbocycles. The van der Waals surface area contributed by atoms with Crippen molar-refractivity contribution in [3.63, 3.8) is 0 Å². The normalized spacial score (nSPS) is 14.9.